The molecule has 3 atom stereocenters. The van der Waals surface area contributed by atoms with Gasteiger partial charge in [-0.3, -0.25) is 4.98 Å². The SMILES string of the molecule is COc1ccc2nccc(CC[N+]3(C(C)(C)C)CC[C@H](NC(=O)O)[C@@H](O)C3)c2n1. The molecule has 3 N–H and O–H groups in total. The zero-order valence-electron chi connectivity index (χ0n) is 17.6. The Morgan fingerprint density at radius 2 is 2.10 bits per heavy atom. The first-order chi connectivity index (χ1) is 13.6. The lowest BCUT2D eigenvalue weighted by Gasteiger charge is -2.53. The van der Waals surface area contributed by atoms with E-state index >= 15 is 0 Å². The number of hydrogen-bond donors (Lipinski definition) is 3. The topological polar surface area (TPSA) is 105 Å². The number of fused-ring (bicyclic) bond motifs is 1. The van der Waals surface area contributed by atoms with Crippen LogP contribution in [0.3, 0.4) is 0 Å². The normalized spacial score (nSPS) is 25.0. The van der Waals surface area contributed by atoms with E-state index in [-0.39, 0.29) is 5.54 Å². The van der Waals surface area contributed by atoms with Crippen LogP contribution in [-0.4, -0.2) is 75.2 Å². The summed E-state index contributed by atoms with van der Waals surface area (Å²) < 4.78 is 5.98. The molecule has 8 heteroatoms. The Balaban J connectivity index is 1.84. The fourth-order valence-corrected chi connectivity index (χ4v) is 4.34. The van der Waals surface area contributed by atoms with Crippen LogP contribution in [0.5, 0.6) is 5.88 Å². The Hall–Kier alpha value is -2.45. The second kappa shape index (κ2) is 8.12. The molecule has 0 spiro atoms. The smallest absolute Gasteiger partial charge is 0.404 e. The van der Waals surface area contributed by atoms with Crippen LogP contribution < -0.4 is 10.1 Å². The van der Waals surface area contributed by atoms with Gasteiger partial charge in [-0.15, -0.1) is 0 Å². The van der Waals surface area contributed by atoms with Gasteiger partial charge >= 0.3 is 6.09 Å². The van der Waals surface area contributed by atoms with Gasteiger partial charge in [0, 0.05) is 25.1 Å². The van der Waals surface area contributed by atoms with Crippen molar-refractivity contribution in [1.29, 1.82) is 0 Å². The lowest BCUT2D eigenvalue weighted by atomic mass is 9.90. The fraction of sp³-hybridized carbons (Fsp3) is 0.571. The van der Waals surface area contributed by atoms with E-state index in [1.807, 2.05) is 12.1 Å². The Morgan fingerprint density at radius 3 is 2.72 bits per heavy atom. The number of nitrogens with zero attached hydrogens (tertiary/aromatic N) is 3. The van der Waals surface area contributed by atoms with Crippen molar-refractivity contribution in [3.05, 3.63) is 30.0 Å². The quantitative estimate of drug-likeness (QED) is 0.661. The summed E-state index contributed by atoms with van der Waals surface area (Å²) in [6.07, 6.45) is 1.37. The van der Waals surface area contributed by atoms with E-state index in [1.165, 1.54) is 0 Å². The van der Waals surface area contributed by atoms with Crippen molar-refractivity contribution in [2.75, 3.05) is 26.7 Å². The molecular formula is C21H31N4O4+. The summed E-state index contributed by atoms with van der Waals surface area (Å²) in [7, 11) is 1.60. The number of carbonyl (C=O) groups is 1. The number of aromatic nitrogens is 2. The highest BCUT2D eigenvalue weighted by Crippen LogP contribution is 2.32. The summed E-state index contributed by atoms with van der Waals surface area (Å²) in [5, 5.41) is 22.1. The molecule has 1 aliphatic rings. The molecule has 0 radical (unpaired) electrons. The van der Waals surface area contributed by atoms with Gasteiger partial charge in [0.15, 0.2) is 0 Å². The molecule has 3 heterocycles. The fourth-order valence-electron chi connectivity index (χ4n) is 4.34. The van der Waals surface area contributed by atoms with E-state index in [1.54, 1.807) is 19.4 Å². The highest BCUT2D eigenvalue weighted by Gasteiger charge is 2.47. The molecular weight excluding hydrogens is 372 g/mol. The van der Waals surface area contributed by atoms with Crippen molar-refractivity contribution in [3.8, 4) is 5.88 Å². The van der Waals surface area contributed by atoms with Gasteiger partial charge in [-0.2, -0.15) is 0 Å². The highest BCUT2D eigenvalue weighted by molar-refractivity contribution is 5.78. The molecule has 8 nitrogen and oxygen atoms in total. The van der Waals surface area contributed by atoms with Crippen molar-refractivity contribution < 1.29 is 24.2 Å². The Morgan fingerprint density at radius 1 is 1.34 bits per heavy atom. The van der Waals surface area contributed by atoms with E-state index in [9.17, 15) is 9.90 Å². The number of hydrogen-bond acceptors (Lipinski definition) is 5. The maximum atomic E-state index is 11.0. The van der Waals surface area contributed by atoms with E-state index < -0.39 is 18.2 Å². The summed E-state index contributed by atoms with van der Waals surface area (Å²) in [6.45, 7) is 8.65. The van der Waals surface area contributed by atoms with Gasteiger partial charge in [0.1, 0.15) is 12.6 Å². The lowest BCUT2D eigenvalue weighted by Crippen LogP contribution is -2.70. The second-order valence-corrected chi connectivity index (χ2v) is 8.80. The molecule has 1 aliphatic heterocycles. The maximum Gasteiger partial charge on any atom is 0.404 e. The molecule has 1 fully saturated rings. The highest BCUT2D eigenvalue weighted by atomic mass is 16.5. The summed E-state index contributed by atoms with van der Waals surface area (Å²) >= 11 is 0. The summed E-state index contributed by atoms with van der Waals surface area (Å²) in [5.41, 5.74) is 2.66. The third kappa shape index (κ3) is 4.43. The van der Waals surface area contributed by atoms with Crippen LogP contribution >= 0.6 is 0 Å². The van der Waals surface area contributed by atoms with Crippen LogP contribution in [0, 0.1) is 0 Å². The Labute approximate surface area is 171 Å². The van der Waals surface area contributed by atoms with Crippen LogP contribution in [-0.2, 0) is 6.42 Å². The minimum absolute atomic E-state index is 0.0941. The van der Waals surface area contributed by atoms with Crippen LogP contribution in [0.1, 0.15) is 32.8 Å². The number of nitrogens with one attached hydrogen (secondary N) is 1. The second-order valence-electron chi connectivity index (χ2n) is 8.80. The number of piperidine rings is 1. The van der Waals surface area contributed by atoms with Crippen LogP contribution in [0.25, 0.3) is 11.0 Å². The van der Waals surface area contributed by atoms with Crippen molar-refractivity contribution in [1.82, 2.24) is 15.3 Å². The third-order valence-corrected chi connectivity index (χ3v) is 6.26. The van der Waals surface area contributed by atoms with Gasteiger partial charge in [-0.05, 0) is 38.5 Å². The van der Waals surface area contributed by atoms with Gasteiger partial charge in [0.25, 0.3) is 0 Å². The number of aliphatic hydroxyl groups is 1. The standard InChI is InChI=1S/C21H30N4O4/c1-21(2,3)25(12-9-15(17(26)13-25)23-20(27)28)11-8-14-7-10-22-16-5-6-18(29-4)24-19(14)16/h5-7,10,15,17,23,26H,8-9,11-13H2,1-4H3/p+1/t15-,17-,25?/m0/s1. The molecule has 1 unspecified atom stereocenters. The zero-order chi connectivity index (χ0) is 21.2. The molecule has 1 saturated heterocycles. The lowest BCUT2D eigenvalue weighted by molar-refractivity contribution is -0.977. The number of rotatable bonds is 5. The molecule has 158 valence electrons. The number of carboxylic acid groups (broad SMARTS) is 1. The van der Waals surface area contributed by atoms with Crippen LogP contribution in [0.15, 0.2) is 24.4 Å². The van der Waals surface area contributed by atoms with Crippen LogP contribution in [0.2, 0.25) is 0 Å². The van der Waals surface area contributed by atoms with Gasteiger partial charge in [-0.25, -0.2) is 9.78 Å². The predicted octanol–water partition coefficient (Wildman–Crippen LogP) is 2.20. The van der Waals surface area contributed by atoms with E-state index in [0.717, 1.165) is 36.1 Å². The summed E-state index contributed by atoms with van der Waals surface area (Å²) in [4.78, 5) is 20.0. The average Bonchev–Trinajstić information content (AvgIpc) is 2.66. The summed E-state index contributed by atoms with van der Waals surface area (Å²) in [5.74, 6) is 0.558. The minimum Gasteiger partial charge on any atom is -0.481 e. The number of pyridine rings is 2. The molecule has 0 aliphatic carbocycles. The number of amides is 1. The van der Waals surface area contributed by atoms with E-state index in [4.69, 9.17) is 9.84 Å². The first-order valence-electron chi connectivity index (χ1n) is 9.97. The minimum atomic E-state index is -1.09. The number of ether oxygens (including phenoxy) is 1. The first kappa shape index (κ1) is 21.3. The number of methoxy groups -OCH3 is 1. The third-order valence-electron chi connectivity index (χ3n) is 6.26. The zero-order valence-corrected chi connectivity index (χ0v) is 17.6. The monoisotopic (exact) mass is 403 g/mol. The number of likely N-dealkylation sites (tertiary alicyclic amines) is 1. The van der Waals surface area contributed by atoms with Gasteiger partial charge in [-0.1, -0.05) is 0 Å². The van der Waals surface area contributed by atoms with E-state index in [0.29, 0.717) is 23.3 Å². The van der Waals surface area contributed by atoms with Crippen molar-refractivity contribution >= 4 is 17.1 Å². The molecule has 29 heavy (non-hydrogen) atoms. The number of quaternary nitrogens is 1. The Kier molecular flexibility index (Phi) is 5.95. The molecule has 0 bridgehead atoms. The first-order valence-corrected chi connectivity index (χ1v) is 9.97. The largest absolute Gasteiger partial charge is 0.481 e. The van der Waals surface area contributed by atoms with Crippen molar-refractivity contribution in [2.45, 2.75) is 51.3 Å². The molecule has 3 rings (SSSR count). The molecule has 1 amide bonds. The van der Waals surface area contributed by atoms with Gasteiger partial charge in [0.2, 0.25) is 5.88 Å². The molecule has 2 aromatic heterocycles. The maximum absolute atomic E-state index is 11.0. The van der Waals surface area contributed by atoms with Gasteiger partial charge < -0.3 is 24.7 Å². The molecule has 0 aromatic carbocycles. The van der Waals surface area contributed by atoms with Gasteiger partial charge in [0.05, 0.1) is 42.8 Å². The number of aliphatic hydroxyl groups excluding tert-OH is 1. The molecule has 0 saturated carbocycles. The van der Waals surface area contributed by atoms with Crippen LogP contribution in [0.4, 0.5) is 4.79 Å². The van der Waals surface area contributed by atoms with Crippen molar-refractivity contribution in [2.24, 2.45) is 0 Å². The van der Waals surface area contributed by atoms with E-state index in [2.05, 4.69) is 36.1 Å². The average molecular weight is 404 g/mol. The predicted molar refractivity (Wildman–Crippen MR) is 110 cm³/mol. The molecule has 2 aromatic rings. The summed E-state index contributed by atoms with van der Waals surface area (Å²) in [6, 6.07) is 5.28. The Bertz CT molecular complexity index is 883. The van der Waals surface area contributed by atoms with Crippen molar-refractivity contribution in [3.63, 3.8) is 0 Å².